The van der Waals surface area contributed by atoms with Crippen molar-refractivity contribution in [3.8, 4) is 5.82 Å². The molecule has 0 aliphatic rings. The minimum Gasteiger partial charge on any atom is -0.360 e. The summed E-state index contributed by atoms with van der Waals surface area (Å²) in [6.45, 7) is 8.15. The number of nitrogens with one attached hydrogen (secondary N) is 1. The number of nitrogens with zero attached hydrogens (tertiary/aromatic N) is 4. The molecule has 10 heteroatoms. The Morgan fingerprint density at radius 3 is 2.56 bits per heavy atom. The van der Waals surface area contributed by atoms with Gasteiger partial charge in [-0.05, 0) is 30.3 Å². The third kappa shape index (κ3) is 5.15. The van der Waals surface area contributed by atoms with E-state index >= 15 is 0 Å². The monoisotopic (exact) mass is 491 g/mol. The lowest BCUT2D eigenvalue weighted by Crippen LogP contribution is -2.22. The third-order valence-corrected chi connectivity index (χ3v) is 7.26. The Kier molecular flexibility index (Phi) is 6.57. The Morgan fingerprint density at radius 1 is 1.09 bits per heavy atom. The highest BCUT2D eigenvalue weighted by Gasteiger charge is 2.15. The van der Waals surface area contributed by atoms with Crippen LogP contribution in [-0.2, 0) is 11.5 Å². The van der Waals surface area contributed by atoms with Crippen molar-refractivity contribution < 1.29 is 9.13 Å². The van der Waals surface area contributed by atoms with Gasteiger partial charge in [0.2, 0.25) is 0 Å². The summed E-state index contributed by atoms with van der Waals surface area (Å²) in [5.74, 6) is 0.831. The average Bonchev–Trinajstić information content (AvgIpc) is 3.34. The Morgan fingerprint density at radius 2 is 1.84 bits per heavy atom. The third-order valence-electron chi connectivity index (χ3n) is 4.96. The number of ether oxygens (including phenoxy) is 1. The van der Waals surface area contributed by atoms with Gasteiger partial charge in [-0.15, -0.1) is 0 Å². The molecule has 168 valence electrons. The topological polar surface area (TPSA) is 56.9 Å². The molecule has 4 rings (SSSR count). The van der Waals surface area contributed by atoms with Crippen molar-refractivity contribution in [1.82, 2.24) is 19.3 Å². The van der Waals surface area contributed by atoms with Crippen LogP contribution in [0.15, 0.2) is 48.9 Å². The molecular weight excluding hydrogens is 468 g/mol. The fourth-order valence-corrected chi connectivity index (χ4v) is 4.55. The zero-order chi connectivity index (χ0) is 22.9. The Labute approximate surface area is 196 Å². The summed E-state index contributed by atoms with van der Waals surface area (Å²) >= 11 is 12.3. The summed E-state index contributed by atoms with van der Waals surface area (Å²) in [6, 6.07) is 9.30. The number of fused-ring (bicyclic) bond motifs is 1. The second-order valence-corrected chi connectivity index (χ2v) is 15.1. The minimum atomic E-state index is -1.11. The van der Waals surface area contributed by atoms with Gasteiger partial charge in [-0.1, -0.05) is 42.8 Å². The first-order valence-corrected chi connectivity index (χ1v) is 14.7. The molecule has 0 fully saturated rings. The normalized spacial score (nSPS) is 11.9. The van der Waals surface area contributed by atoms with E-state index in [1.165, 1.54) is 12.1 Å². The first kappa shape index (κ1) is 22.8. The molecule has 0 aliphatic carbocycles. The summed E-state index contributed by atoms with van der Waals surface area (Å²) in [7, 11) is -1.11. The van der Waals surface area contributed by atoms with Gasteiger partial charge in [-0.3, -0.25) is 4.57 Å². The fourth-order valence-electron chi connectivity index (χ4n) is 3.23. The van der Waals surface area contributed by atoms with E-state index in [1.807, 2.05) is 35.2 Å². The molecule has 32 heavy (non-hydrogen) atoms. The van der Waals surface area contributed by atoms with E-state index in [1.54, 1.807) is 10.9 Å². The average molecular weight is 492 g/mol. The molecule has 4 aromatic rings. The van der Waals surface area contributed by atoms with Crippen molar-refractivity contribution in [3.05, 3.63) is 64.8 Å². The van der Waals surface area contributed by atoms with E-state index in [-0.39, 0.29) is 10.0 Å². The van der Waals surface area contributed by atoms with Crippen molar-refractivity contribution in [2.45, 2.75) is 32.4 Å². The molecule has 0 spiro atoms. The molecule has 0 saturated heterocycles. The van der Waals surface area contributed by atoms with Crippen LogP contribution in [-0.4, -0.2) is 34.0 Å². The van der Waals surface area contributed by atoms with Crippen LogP contribution in [0, 0.1) is 5.82 Å². The lowest BCUT2D eigenvalue weighted by molar-refractivity contribution is 0.0785. The van der Waals surface area contributed by atoms with Gasteiger partial charge in [0.05, 0.1) is 21.2 Å². The standard InChI is InChI=1S/C22H24Cl2FN5OSi/c1-32(2,3)11-10-31-14-29-8-6-20(28-29)30-9-5-16-19(30)4-7-26-22(16)27-21-17(23)12-15(25)13-18(21)24/h4-9,12-13H,10-11,14H2,1-3H3,(H,26,27). The van der Waals surface area contributed by atoms with Gasteiger partial charge in [0, 0.05) is 44.7 Å². The zero-order valence-electron chi connectivity index (χ0n) is 18.1. The molecule has 1 N–H and O–H groups in total. The van der Waals surface area contributed by atoms with Crippen molar-refractivity contribution in [3.63, 3.8) is 0 Å². The van der Waals surface area contributed by atoms with E-state index in [4.69, 9.17) is 27.9 Å². The van der Waals surface area contributed by atoms with Crippen molar-refractivity contribution in [1.29, 1.82) is 0 Å². The predicted molar refractivity (Wildman–Crippen MR) is 131 cm³/mol. The summed E-state index contributed by atoms with van der Waals surface area (Å²) in [4.78, 5) is 4.41. The molecule has 6 nitrogen and oxygen atoms in total. The number of aromatic nitrogens is 4. The number of pyridine rings is 1. The number of hydrogen-bond donors (Lipinski definition) is 1. The van der Waals surface area contributed by atoms with Gasteiger partial charge < -0.3 is 10.1 Å². The first-order valence-electron chi connectivity index (χ1n) is 10.2. The van der Waals surface area contributed by atoms with Crippen LogP contribution in [0.1, 0.15) is 0 Å². The van der Waals surface area contributed by atoms with E-state index in [0.29, 0.717) is 18.2 Å². The Bertz CT molecular complexity index is 1230. The molecule has 3 aromatic heterocycles. The lowest BCUT2D eigenvalue weighted by Gasteiger charge is -2.15. The van der Waals surface area contributed by atoms with Crippen LogP contribution in [0.2, 0.25) is 35.7 Å². The van der Waals surface area contributed by atoms with Gasteiger partial charge in [0.1, 0.15) is 18.4 Å². The highest BCUT2D eigenvalue weighted by Crippen LogP contribution is 2.35. The van der Waals surface area contributed by atoms with E-state index in [2.05, 4.69) is 35.0 Å². The van der Waals surface area contributed by atoms with Crippen molar-refractivity contribution >= 4 is 53.7 Å². The number of hydrogen-bond acceptors (Lipinski definition) is 4. The van der Waals surface area contributed by atoms with Gasteiger partial charge in [0.25, 0.3) is 0 Å². The van der Waals surface area contributed by atoms with E-state index < -0.39 is 13.9 Å². The molecule has 0 radical (unpaired) electrons. The van der Waals surface area contributed by atoms with Crippen LogP contribution >= 0.6 is 23.2 Å². The Balaban J connectivity index is 1.55. The zero-order valence-corrected chi connectivity index (χ0v) is 20.6. The first-order chi connectivity index (χ1) is 15.2. The maximum absolute atomic E-state index is 13.5. The minimum absolute atomic E-state index is 0.182. The smallest absolute Gasteiger partial charge is 0.159 e. The number of halogens is 3. The molecule has 1 aromatic carbocycles. The molecule has 0 aliphatic heterocycles. The number of rotatable bonds is 8. The van der Waals surface area contributed by atoms with Crippen molar-refractivity contribution in [2.75, 3.05) is 11.9 Å². The Hall–Kier alpha value is -2.39. The second kappa shape index (κ2) is 9.23. The van der Waals surface area contributed by atoms with E-state index in [0.717, 1.165) is 29.4 Å². The predicted octanol–water partition coefficient (Wildman–Crippen LogP) is 6.72. The lowest BCUT2D eigenvalue weighted by atomic mass is 10.2. The van der Waals surface area contributed by atoms with Crippen LogP contribution < -0.4 is 5.32 Å². The SMILES string of the molecule is C[Si](C)(C)CCOCn1ccc(-n2ccc3c(Nc4c(Cl)cc(F)cc4Cl)nccc32)n1. The van der Waals surface area contributed by atoms with Gasteiger partial charge in [-0.2, -0.15) is 5.10 Å². The number of benzene rings is 1. The van der Waals surface area contributed by atoms with Gasteiger partial charge >= 0.3 is 0 Å². The molecule has 0 unspecified atom stereocenters. The summed E-state index contributed by atoms with van der Waals surface area (Å²) in [5.41, 5.74) is 1.31. The van der Waals surface area contributed by atoms with Gasteiger partial charge in [-0.25, -0.2) is 14.1 Å². The second-order valence-electron chi connectivity index (χ2n) is 8.71. The van der Waals surface area contributed by atoms with Crippen LogP contribution in [0.25, 0.3) is 16.7 Å². The largest absolute Gasteiger partial charge is 0.360 e. The molecular formula is C22H24Cl2FN5OSi. The molecule has 3 heterocycles. The highest BCUT2D eigenvalue weighted by atomic mass is 35.5. The maximum Gasteiger partial charge on any atom is 0.159 e. The van der Waals surface area contributed by atoms with Crippen LogP contribution in [0.4, 0.5) is 15.9 Å². The van der Waals surface area contributed by atoms with Crippen molar-refractivity contribution in [2.24, 2.45) is 0 Å². The quantitative estimate of drug-likeness (QED) is 0.219. The molecule has 0 amide bonds. The van der Waals surface area contributed by atoms with Crippen LogP contribution in [0.5, 0.6) is 0 Å². The summed E-state index contributed by atoms with van der Waals surface area (Å²) < 4.78 is 23.0. The molecule has 0 atom stereocenters. The highest BCUT2D eigenvalue weighted by molar-refractivity contribution is 6.76. The van der Waals surface area contributed by atoms with Gasteiger partial charge in [0.15, 0.2) is 5.82 Å². The summed E-state index contributed by atoms with van der Waals surface area (Å²) in [5, 5.41) is 8.97. The fraction of sp³-hybridized carbons (Fsp3) is 0.273. The summed E-state index contributed by atoms with van der Waals surface area (Å²) in [6.07, 6.45) is 5.50. The number of anilines is 2. The molecule has 0 saturated carbocycles. The van der Waals surface area contributed by atoms with Crippen LogP contribution in [0.3, 0.4) is 0 Å². The maximum atomic E-state index is 13.5. The molecule has 0 bridgehead atoms. The van der Waals surface area contributed by atoms with E-state index in [9.17, 15) is 4.39 Å².